The molecule has 0 unspecified atom stereocenters. The summed E-state index contributed by atoms with van der Waals surface area (Å²) in [5.74, 6) is -0.840. The van der Waals surface area contributed by atoms with Gasteiger partial charge in [-0.25, -0.2) is 4.79 Å². The number of rotatable bonds is 5. The summed E-state index contributed by atoms with van der Waals surface area (Å²) in [5.41, 5.74) is -0.733. The van der Waals surface area contributed by atoms with Gasteiger partial charge in [0.15, 0.2) is 0 Å². The molecule has 1 aromatic heterocycles. The molecule has 1 aliphatic carbocycles. The van der Waals surface area contributed by atoms with Crippen molar-refractivity contribution < 1.29 is 14.7 Å². The summed E-state index contributed by atoms with van der Waals surface area (Å²) in [4.78, 5) is 23.3. The highest BCUT2D eigenvalue weighted by atomic mass is 35.5. The lowest BCUT2D eigenvalue weighted by molar-refractivity contribution is -0.143. The highest BCUT2D eigenvalue weighted by Crippen LogP contribution is 2.45. The molecule has 0 atom stereocenters. The first-order valence-electron chi connectivity index (χ1n) is 5.51. The molecule has 0 spiro atoms. The van der Waals surface area contributed by atoms with E-state index in [9.17, 15) is 9.59 Å². The third-order valence-electron chi connectivity index (χ3n) is 2.95. The Labute approximate surface area is 113 Å². The third kappa shape index (κ3) is 3.14. The van der Waals surface area contributed by atoms with E-state index in [0.29, 0.717) is 23.7 Å². The van der Waals surface area contributed by atoms with Gasteiger partial charge < -0.3 is 15.7 Å². The third-order valence-corrected chi connectivity index (χ3v) is 4.18. The van der Waals surface area contributed by atoms with Crippen LogP contribution in [0.25, 0.3) is 0 Å². The van der Waals surface area contributed by atoms with E-state index < -0.39 is 11.4 Å². The lowest BCUT2D eigenvalue weighted by Gasteiger charge is -2.11. The standard InChI is InChI=1S/C11H13ClN2O3S/c12-8-2-1-7(18-8)5-13-10(17)14-6-11(3-4-11)9(15)16/h1-2H,3-6H2,(H,15,16)(H2,13,14,17). The average Bonchev–Trinajstić information content (AvgIpc) is 3.02. The van der Waals surface area contributed by atoms with Crippen LogP contribution < -0.4 is 10.6 Å². The van der Waals surface area contributed by atoms with Crippen LogP contribution in [0, 0.1) is 5.41 Å². The summed E-state index contributed by atoms with van der Waals surface area (Å²) in [5, 5.41) is 14.2. The van der Waals surface area contributed by atoms with Crippen LogP contribution in [0.15, 0.2) is 12.1 Å². The number of carboxylic acid groups (broad SMARTS) is 1. The van der Waals surface area contributed by atoms with Crippen molar-refractivity contribution in [3.8, 4) is 0 Å². The van der Waals surface area contributed by atoms with Gasteiger partial charge in [0.05, 0.1) is 16.3 Å². The van der Waals surface area contributed by atoms with E-state index in [0.717, 1.165) is 4.88 Å². The maximum atomic E-state index is 11.5. The second-order valence-electron chi connectivity index (χ2n) is 4.33. The molecule has 98 valence electrons. The number of halogens is 1. The van der Waals surface area contributed by atoms with Gasteiger partial charge in [0.25, 0.3) is 0 Å². The van der Waals surface area contributed by atoms with Crippen molar-refractivity contribution in [2.24, 2.45) is 5.41 Å². The van der Waals surface area contributed by atoms with Gasteiger partial charge in [-0.15, -0.1) is 11.3 Å². The predicted molar refractivity (Wildman–Crippen MR) is 68.9 cm³/mol. The van der Waals surface area contributed by atoms with E-state index in [4.69, 9.17) is 16.7 Å². The summed E-state index contributed by atoms with van der Waals surface area (Å²) in [6.45, 7) is 0.572. The largest absolute Gasteiger partial charge is 0.481 e. The Balaban J connectivity index is 1.71. The fraction of sp³-hybridized carbons (Fsp3) is 0.455. The lowest BCUT2D eigenvalue weighted by Crippen LogP contribution is -2.40. The van der Waals surface area contributed by atoms with Crippen molar-refractivity contribution in [2.45, 2.75) is 19.4 Å². The zero-order chi connectivity index (χ0) is 13.2. The van der Waals surface area contributed by atoms with Crippen LogP contribution in [0.4, 0.5) is 4.79 Å². The van der Waals surface area contributed by atoms with Crippen LogP contribution >= 0.6 is 22.9 Å². The van der Waals surface area contributed by atoms with E-state index in [1.807, 2.05) is 6.07 Å². The van der Waals surface area contributed by atoms with E-state index in [1.54, 1.807) is 6.07 Å². The van der Waals surface area contributed by atoms with Crippen LogP contribution in [0.3, 0.4) is 0 Å². The van der Waals surface area contributed by atoms with Crippen LogP contribution in [-0.4, -0.2) is 23.7 Å². The molecule has 1 aromatic rings. The monoisotopic (exact) mass is 288 g/mol. The van der Waals surface area contributed by atoms with Crippen LogP contribution in [0.5, 0.6) is 0 Å². The molecule has 1 fully saturated rings. The number of aliphatic carboxylic acids is 1. The molecule has 3 N–H and O–H groups in total. The molecular formula is C11H13ClN2O3S. The molecule has 7 heteroatoms. The molecule has 0 saturated heterocycles. The second-order valence-corrected chi connectivity index (χ2v) is 6.13. The number of hydrogen-bond acceptors (Lipinski definition) is 3. The number of hydrogen-bond donors (Lipinski definition) is 3. The summed E-state index contributed by atoms with van der Waals surface area (Å²) < 4.78 is 0.676. The molecular weight excluding hydrogens is 276 g/mol. The van der Waals surface area contributed by atoms with Crippen LogP contribution in [0.2, 0.25) is 4.34 Å². The van der Waals surface area contributed by atoms with Gasteiger partial charge in [-0.3, -0.25) is 4.79 Å². The first-order chi connectivity index (χ1) is 8.52. The smallest absolute Gasteiger partial charge is 0.315 e. The number of amides is 2. The number of thiophene rings is 1. The van der Waals surface area contributed by atoms with Crippen molar-refractivity contribution in [1.29, 1.82) is 0 Å². The van der Waals surface area contributed by atoms with Gasteiger partial charge in [-0.05, 0) is 25.0 Å². The van der Waals surface area contributed by atoms with Crippen LogP contribution in [-0.2, 0) is 11.3 Å². The molecule has 18 heavy (non-hydrogen) atoms. The van der Waals surface area contributed by atoms with Crippen molar-refractivity contribution >= 4 is 34.9 Å². The van der Waals surface area contributed by atoms with Gasteiger partial charge >= 0.3 is 12.0 Å². The fourth-order valence-electron chi connectivity index (χ4n) is 1.54. The van der Waals surface area contributed by atoms with E-state index >= 15 is 0 Å². The lowest BCUT2D eigenvalue weighted by atomic mass is 10.1. The molecule has 0 aliphatic heterocycles. The minimum atomic E-state index is -0.840. The topological polar surface area (TPSA) is 78.4 Å². The van der Waals surface area contributed by atoms with E-state index in [-0.39, 0.29) is 12.6 Å². The molecule has 1 saturated carbocycles. The molecule has 1 heterocycles. The number of nitrogens with one attached hydrogen (secondary N) is 2. The molecule has 1 aliphatic rings. The molecule has 2 rings (SSSR count). The first-order valence-corrected chi connectivity index (χ1v) is 6.71. The van der Waals surface area contributed by atoms with Gasteiger partial charge in [0.1, 0.15) is 0 Å². The van der Waals surface area contributed by atoms with E-state index in [2.05, 4.69) is 10.6 Å². The minimum absolute atomic E-state index is 0.180. The van der Waals surface area contributed by atoms with Crippen molar-refractivity contribution in [3.05, 3.63) is 21.3 Å². The predicted octanol–water partition coefficient (Wildman–Crippen LogP) is 2.07. The molecule has 2 amide bonds. The first kappa shape index (κ1) is 13.2. The van der Waals surface area contributed by atoms with Gasteiger partial charge in [-0.1, -0.05) is 11.6 Å². The fourth-order valence-corrected chi connectivity index (χ4v) is 2.57. The Bertz CT molecular complexity index is 471. The van der Waals surface area contributed by atoms with Gasteiger partial charge in [0, 0.05) is 11.4 Å². The molecule has 0 bridgehead atoms. The number of carbonyl (C=O) groups excluding carboxylic acids is 1. The Kier molecular flexibility index (Phi) is 3.77. The zero-order valence-corrected chi connectivity index (χ0v) is 11.1. The molecule has 0 radical (unpaired) electrons. The number of carbonyl (C=O) groups is 2. The molecule has 5 nitrogen and oxygen atoms in total. The average molecular weight is 289 g/mol. The van der Waals surface area contributed by atoms with Crippen LogP contribution in [0.1, 0.15) is 17.7 Å². The van der Waals surface area contributed by atoms with Gasteiger partial charge in [0.2, 0.25) is 0 Å². The Hall–Kier alpha value is -1.27. The number of carboxylic acids is 1. The Morgan fingerprint density at radius 3 is 2.61 bits per heavy atom. The SMILES string of the molecule is O=C(NCc1ccc(Cl)s1)NCC1(C(=O)O)CC1. The van der Waals surface area contributed by atoms with E-state index in [1.165, 1.54) is 11.3 Å². The quantitative estimate of drug-likeness (QED) is 0.776. The number of urea groups is 1. The maximum Gasteiger partial charge on any atom is 0.315 e. The summed E-state index contributed by atoms with van der Waals surface area (Å²) in [6, 6.07) is 3.25. The zero-order valence-electron chi connectivity index (χ0n) is 9.53. The highest BCUT2D eigenvalue weighted by Gasteiger charge is 2.50. The maximum absolute atomic E-state index is 11.5. The summed E-state index contributed by atoms with van der Waals surface area (Å²) >= 11 is 7.16. The van der Waals surface area contributed by atoms with Gasteiger partial charge in [-0.2, -0.15) is 0 Å². The van der Waals surface area contributed by atoms with Crippen molar-refractivity contribution in [2.75, 3.05) is 6.54 Å². The Morgan fingerprint density at radius 2 is 2.11 bits per heavy atom. The summed E-state index contributed by atoms with van der Waals surface area (Å²) in [7, 11) is 0. The van der Waals surface area contributed by atoms with Crippen molar-refractivity contribution in [1.82, 2.24) is 10.6 Å². The minimum Gasteiger partial charge on any atom is -0.481 e. The second kappa shape index (κ2) is 5.16. The van der Waals surface area contributed by atoms with Crippen molar-refractivity contribution in [3.63, 3.8) is 0 Å². The summed E-state index contributed by atoms with van der Waals surface area (Å²) in [6.07, 6.45) is 1.26. The molecule has 0 aromatic carbocycles. The highest BCUT2D eigenvalue weighted by molar-refractivity contribution is 7.16. The Morgan fingerprint density at radius 1 is 1.39 bits per heavy atom. The normalized spacial score (nSPS) is 16.1.